The molecule has 0 N–H and O–H groups in total. The van der Waals surface area contributed by atoms with Crippen LogP contribution in [-0.2, 0) is 17.8 Å². The molecule has 0 radical (unpaired) electrons. The van der Waals surface area contributed by atoms with Crippen LogP contribution in [0.2, 0.25) is 5.02 Å². The van der Waals surface area contributed by atoms with Gasteiger partial charge in [-0.25, -0.2) is 4.39 Å². The predicted octanol–water partition coefficient (Wildman–Crippen LogP) is 4.08. The Kier molecular flexibility index (Phi) is 5.99. The van der Waals surface area contributed by atoms with Gasteiger partial charge in [0, 0.05) is 25.0 Å². The van der Waals surface area contributed by atoms with E-state index >= 15 is 0 Å². The maximum absolute atomic E-state index is 13.6. The van der Waals surface area contributed by atoms with Gasteiger partial charge in [-0.15, -0.1) is 0 Å². The Labute approximate surface area is 140 Å². The van der Waals surface area contributed by atoms with Crippen molar-refractivity contribution in [2.24, 2.45) is 0 Å². The van der Waals surface area contributed by atoms with Gasteiger partial charge < -0.3 is 9.64 Å². The van der Waals surface area contributed by atoms with Gasteiger partial charge in [0.2, 0.25) is 5.91 Å². The van der Waals surface area contributed by atoms with Crippen LogP contribution in [0.3, 0.4) is 0 Å². The Morgan fingerprint density at radius 1 is 1.26 bits per heavy atom. The van der Waals surface area contributed by atoms with Gasteiger partial charge in [-0.1, -0.05) is 35.9 Å². The van der Waals surface area contributed by atoms with Crippen molar-refractivity contribution in [1.29, 1.82) is 0 Å². The van der Waals surface area contributed by atoms with Crippen LogP contribution >= 0.6 is 11.6 Å². The second-order valence-electron chi connectivity index (χ2n) is 5.31. The molecule has 0 fully saturated rings. The molecule has 0 aliphatic carbocycles. The summed E-state index contributed by atoms with van der Waals surface area (Å²) in [6.07, 6.45) is 0.791. The van der Waals surface area contributed by atoms with Crippen molar-refractivity contribution in [2.75, 3.05) is 14.2 Å². The first-order valence-electron chi connectivity index (χ1n) is 7.31. The van der Waals surface area contributed by atoms with Crippen molar-refractivity contribution in [3.8, 4) is 5.75 Å². The van der Waals surface area contributed by atoms with E-state index in [4.69, 9.17) is 16.3 Å². The molecule has 2 aromatic carbocycles. The van der Waals surface area contributed by atoms with Gasteiger partial charge in [-0.3, -0.25) is 4.79 Å². The number of amides is 1. The first-order chi connectivity index (χ1) is 11.0. The fraction of sp³-hybridized carbons (Fsp3) is 0.278. The molecule has 0 saturated carbocycles. The number of hydrogen-bond acceptors (Lipinski definition) is 2. The molecule has 23 heavy (non-hydrogen) atoms. The van der Waals surface area contributed by atoms with Gasteiger partial charge in [0.15, 0.2) is 11.6 Å². The van der Waals surface area contributed by atoms with Crippen LogP contribution in [0.15, 0.2) is 42.5 Å². The van der Waals surface area contributed by atoms with E-state index in [-0.39, 0.29) is 11.7 Å². The zero-order valence-electron chi connectivity index (χ0n) is 13.2. The number of nitrogens with zero attached hydrogens (tertiary/aromatic N) is 1. The molecule has 0 bridgehead atoms. The average Bonchev–Trinajstić information content (AvgIpc) is 2.54. The number of rotatable bonds is 6. The molecule has 1 amide bonds. The lowest BCUT2D eigenvalue weighted by Gasteiger charge is -2.18. The first kappa shape index (κ1) is 17.3. The van der Waals surface area contributed by atoms with Crippen molar-refractivity contribution >= 4 is 17.5 Å². The smallest absolute Gasteiger partial charge is 0.222 e. The molecule has 0 aromatic heterocycles. The maximum atomic E-state index is 13.6. The molecule has 0 aliphatic heterocycles. The fourth-order valence-electron chi connectivity index (χ4n) is 2.28. The molecule has 3 nitrogen and oxygen atoms in total. The molecule has 0 atom stereocenters. The number of ether oxygens (including phenoxy) is 1. The van der Waals surface area contributed by atoms with Crippen molar-refractivity contribution in [3.05, 3.63) is 64.4 Å². The van der Waals surface area contributed by atoms with E-state index in [0.29, 0.717) is 24.4 Å². The minimum Gasteiger partial charge on any atom is -0.494 e. The van der Waals surface area contributed by atoms with Crippen LogP contribution in [0, 0.1) is 5.82 Å². The summed E-state index contributed by atoms with van der Waals surface area (Å²) in [5.74, 6) is -0.223. The fourth-order valence-corrected chi connectivity index (χ4v) is 2.47. The molecule has 0 saturated heterocycles. The quantitative estimate of drug-likeness (QED) is 0.796. The monoisotopic (exact) mass is 335 g/mol. The Bertz CT molecular complexity index is 690. The lowest BCUT2D eigenvalue weighted by molar-refractivity contribution is -0.130. The third-order valence-electron chi connectivity index (χ3n) is 3.63. The maximum Gasteiger partial charge on any atom is 0.222 e. The van der Waals surface area contributed by atoms with E-state index < -0.39 is 5.82 Å². The number of methoxy groups -OCH3 is 1. The van der Waals surface area contributed by atoms with Crippen molar-refractivity contribution in [2.45, 2.75) is 19.4 Å². The number of aryl methyl sites for hydroxylation is 1. The number of hydrogen-bond donors (Lipinski definition) is 0. The van der Waals surface area contributed by atoms with Crippen molar-refractivity contribution < 1.29 is 13.9 Å². The minimum atomic E-state index is -0.415. The molecule has 122 valence electrons. The summed E-state index contributed by atoms with van der Waals surface area (Å²) in [6.45, 7) is 0.454. The second-order valence-corrected chi connectivity index (χ2v) is 5.72. The number of carbonyl (C=O) groups excluding carboxylic acids is 1. The van der Waals surface area contributed by atoms with Gasteiger partial charge in [0.05, 0.1) is 7.11 Å². The molecular formula is C18H19ClFNO2. The van der Waals surface area contributed by atoms with Crippen molar-refractivity contribution in [1.82, 2.24) is 4.90 Å². The van der Waals surface area contributed by atoms with Gasteiger partial charge in [-0.05, 0) is 35.7 Å². The van der Waals surface area contributed by atoms with Gasteiger partial charge in [0.1, 0.15) is 0 Å². The van der Waals surface area contributed by atoms with Gasteiger partial charge in [-0.2, -0.15) is 0 Å². The highest BCUT2D eigenvalue weighted by atomic mass is 35.5. The number of carbonyl (C=O) groups is 1. The van der Waals surface area contributed by atoms with Crippen LogP contribution in [-0.4, -0.2) is 25.0 Å². The standard InChI is InChI=1S/C18H19ClFNO2/c1-21(12-14-5-3-4-6-15(14)19)18(22)10-8-13-7-9-17(23-2)16(20)11-13/h3-7,9,11H,8,10,12H2,1-2H3. The number of benzene rings is 2. The average molecular weight is 336 g/mol. The molecule has 0 spiro atoms. The largest absolute Gasteiger partial charge is 0.494 e. The lowest BCUT2D eigenvalue weighted by atomic mass is 10.1. The third kappa shape index (κ3) is 4.70. The van der Waals surface area contributed by atoms with E-state index in [1.165, 1.54) is 13.2 Å². The summed E-state index contributed by atoms with van der Waals surface area (Å²) in [5, 5.41) is 0.643. The van der Waals surface area contributed by atoms with Crippen LogP contribution in [0.4, 0.5) is 4.39 Å². The highest BCUT2D eigenvalue weighted by molar-refractivity contribution is 6.31. The molecule has 0 aliphatic rings. The number of halogens is 2. The van der Waals surface area contributed by atoms with Gasteiger partial charge in [0.25, 0.3) is 0 Å². The van der Waals surface area contributed by atoms with E-state index in [1.54, 1.807) is 30.1 Å². The Hall–Kier alpha value is -2.07. The summed E-state index contributed by atoms with van der Waals surface area (Å²) < 4.78 is 18.5. The van der Waals surface area contributed by atoms with E-state index in [2.05, 4.69) is 0 Å². The zero-order chi connectivity index (χ0) is 16.8. The summed E-state index contributed by atoms with van der Waals surface area (Å²) in [5.41, 5.74) is 1.67. The lowest BCUT2D eigenvalue weighted by Crippen LogP contribution is -2.26. The summed E-state index contributed by atoms with van der Waals surface area (Å²) in [6, 6.07) is 12.2. The normalized spacial score (nSPS) is 10.4. The SMILES string of the molecule is COc1ccc(CCC(=O)N(C)Cc2ccccc2Cl)cc1F. The zero-order valence-corrected chi connectivity index (χ0v) is 13.9. The molecule has 2 aromatic rings. The summed E-state index contributed by atoms with van der Waals surface area (Å²) in [4.78, 5) is 13.8. The highest BCUT2D eigenvalue weighted by Crippen LogP contribution is 2.19. The van der Waals surface area contributed by atoms with E-state index in [1.807, 2.05) is 18.2 Å². The van der Waals surface area contributed by atoms with Crippen LogP contribution in [0.1, 0.15) is 17.5 Å². The highest BCUT2D eigenvalue weighted by Gasteiger charge is 2.12. The second kappa shape index (κ2) is 7.97. The summed E-state index contributed by atoms with van der Waals surface area (Å²) in [7, 11) is 3.16. The topological polar surface area (TPSA) is 29.5 Å². The first-order valence-corrected chi connectivity index (χ1v) is 7.69. The molecule has 2 rings (SSSR count). The van der Waals surface area contributed by atoms with Crippen LogP contribution in [0.5, 0.6) is 5.75 Å². The van der Waals surface area contributed by atoms with E-state index in [0.717, 1.165) is 11.1 Å². The Balaban J connectivity index is 1.91. The molecular weight excluding hydrogens is 317 g/mol. The molecule has 0 unspecified atom stereocenters. The molecule has 0 heterocycles. The third-order valence-corrected chi connectivity index (χ3v) is 4.00. The predicted molar refractivity (Wildman–Crippen MR) is 89.2 cm³/mol. The van der Waals surface area contributed by atoms with Gasteiger partial charge >= 0.3 is 0 Å². The molecule has 5 heteroatoms. The summed E-state index contributed by atoms with van der Waals surface area (Å²) >= 11 is 6.10. The van der Waals surface area contributed by atoms with Crippen LogP contribution in [0.25, 0.3) is 0 Å². The minimum absolute atomic E-state index is 0.0128. The Morgan fingerprint density at radius 2 is 2.00 bits per heavy atom. The van der Waals surface area contributed by atoms with Crippen molar-refractivity contribution in [3.63, 3.8) is 0 Å². The Morgan fingerprint density at radius 3 is 2.65 bits per heavy atom. The van der Waals surface area contributed by atoms with E-state index in [9.17, 15) is 9.18 Å². The van der Waals surface area contributed by atoms with Crippen LogP contribution < -0.4 is 4.74 Å².